The van der Waals surface area contributed by atoms with Crippen LogP contribution >= 0.6 is 0 Å². The Labute approximate surface area is 176 Å². The quantitative estimate of drug-likeness (QED) is 0.731. The van der Waals surface area contributed by atoms with Crippen molar-refractivity contribution in [3.63, 3.8) is 0 Å². The van der Waals surface area contributed by atoms with Crippen LogP contribution in [0, 0.1) is 5.92 Å². The zero-order valence-corrected chi connectivity index (χ0v) is 18.2. The highest BCUT2D eigenvalue weighted by Crippen LogP contribution is 2.34. The summed E-state index contributed by atoms with van der Waals surface area (Å²) in [7, 11) is -3.95. The first-order valence-electron chi connectivity index (χ1n) is 9.77. The van der Waals surface area contributed by atoms with Crippen molar-refractivity contribution in [1.82, 2.24) is 9.71 Å². The molecule has 9 heteroatoms. The summed E-state index contributed by atoms with van der Waals surface area (Å²) in [6, 6.07) is 8.76. The van der Waals surface area contributed by atoms with E-state index in [0.29, 0.717) is 12.2 Å². The Morgan fingerprint density at radius 1 is 1.20 bits per heavy atom. The molecule has 1 aromatic heterocycles. The highest BCUT2D eigenvalue weighted by Gasteiger charge is 2.32. The number of pyridine rings is 1. The molecule has 2 heterocycles. The first kappa shape index (κ1) is 21.9. The lowest BCUT2D eigenvalue weighted by molar-refractivity contribution is -0.119. The fourth-order valence-corrected chi connectivity index (χ4v) is 5.02. The Kier molecular flexibility index (Phi) is 6.23. The van der Waals surface area contributed by atoms with Gasteiger partial charge in [0.1, 0.15) is 11.9 Å². The predicted molar refractivity (Wildman–Crippen MR) is 115 cm³/mol. The minimum Gasteiger partial charge on any atom is -0.309 e. The molecule has 2 N–H and O–H groups in total. The molecule has 3 rings (SSSR count). The summed E-state index contributed by atoms with van der Waals surface area (Å²) in [6.45, 7) is 6.94. The molecule has 0 spiro atoms. The van der Waals surface area contributed by atoms with Crippen molar-refractivity contribution in [2.45, 2.75) is 51.1 Å². The van der Waals surface area contributed by atoms with E-state index in [0.717, 1.165) is 11.3 Å². The summed E-state index contributed by atoms with van der Waals surface area (Å²) in [4.78, 5) is 30.4. The molecule has 0 aliphatic carbocycles. The number of amides is 2. The number of hydrogen-bond donors (Lipinski definition) is 2. The van der Waals surface area contributed by atoms with Gasteiger partial charge in [0.25, 0.3) is 0 Å². The Balaban J connectivity index is 1.83. The average Bonchev–Trinajstić information content (AvgIpc) is 3.01. The van der Waals surface area contributed by atoms with Crippen molar-refractivity contribution in [3.8, 4) is 0 Å². The van der Waals surface area contributed by atoms with Gasteiger partial charge in [0.15, 0.2) is 0 Å². The Bertz CT molecular complexity index is 1050. The summed E-state index contributed by atoms with van der Waals surface area (Å²) >= 11 is 0. The number of benzene rings is 1. The van der Waals surface area contributed by atoms with Crippen molar-refractivity contribution in [2.24, 2.45) is 5.92 Å². The highest BCUT2D eigenvalue weighted by atomic mass is 32.2. The standard InChI is InChI=1S/C21H26N4O4S/c1-13(2)20(21(27)23-19-7-5-6-10-22-19)24-30(28,29)17-8-9-18-16(12-17)11-14(3)25(18)15(4)26/h5-10,12-14,20,24H,11H2,1-4H3,(H,22,23,27). The SMILES string of the molecule is CC(=O)N1c2ccc(S(=O)(=O)NC(C(=O)Nc3ccccn3)C(C)C)cc2CC1C. The molecule has 0 radical (unpaired) electrons. The molecular formula is C21H26N4O4S. The van der Waals surface area contributed by atoms with Gasteiger partial charge in [-0.1, -0.05) is 19.9 Å². The van der Waals surface area contributed by atoms with Gasteiger partial charge in [0, 0.05) is 24.8 Å². The van der Waals surface area contributed by atoms with Gasteiger partial charge in [-0.25, -0.2) is 13.4 Å². The van der Waals surface area contributed by atoms with E-state index in [9.17, 15) is 18.0 Å². The lowest BCUT2D eigenvalue weighted by Crippen LogP contribution is -2.47. The first-order chi connectivity index (χ1) is 14.1. The van der Waals surface area contributed by atoms with Gasteiger partial charge in [0.05, 0.1) is 4.90 Å². The van der Waals surface area contributed by atoms with Crippen LogP contribution in [0.5, 0.6) is 0 Å². The molecule has 30 heavy (non-hydrogen) atoms. The Morgan fingerprint density at radius 3 is 2.53 bits per heavy atom. The molecule has 8 nitrogen and oxygen atoms in total. The monoisotopic (exact) mass is 430 g/mol. The molecular weight excluding hydrogens is 404 g/mol. The molecule has 2 atom stereocenters. The third-order valence-electron chi connectivity index (χ3n) is 5.06. The molecule has 0 fully saturated rings. The number of rotatable bonds is 6. The summed E-state index contributed by atoms with van der Waals surface area (Å²) in [5.41, 5.74) is 1.52. The van der Waals surface area contributed by atoms with Crippen LogP contribution in [-0.4, -0.2) is 37.3 Å². The van der Waals surface area contributed by atoms with Crippen LogP contribution in [0.4, 0.5) is 11.5 Å². The maximum atomic E-state index is 13.0. The molecule has 2 amide bonds. The molecule has 1 aliphatic heterocycles. The van der Waals surface area contributed by atoms with Crippen LogP contribution in [0.3, 0.4) is 0 Å². The Morgan fingerprint density at radius 2 is 1.93 bits per heavy atom. The number of carbonyl (C=O) groups excluding carboxylic acids is 2. The lowest BCUT2D eigenvalue weighted by Gasteiger charge is -2.22. The van der Waals surface area contributed by atoms with Crippen LogP contribution in [0.15, 0.2) is 47.5 Å². The number of hydrogen-bond acceptors (Lipinski definition) is 5. The predicted octanol–water partition coefficient (Wildman–Crippen LogP) is 2.32. The minimum atomic E-state index is -3.95. The van der Waals surface area contributed by atoms with E-state index in [1.54, 1.807) is 55.3 Å². The molecule has 0 bridgehead atoms. The number of carbonyl (C=O) groups is 2. The van der Waals surface area contributed by atoms with E-state index >= 15 is 0 Å². The number of fused-ring (bicyclic) bond motifs is 1. The van der Waals surface area contributed by atoms with Gasteiger partial charge in [-0.05, 0) is 55.2 Å². The normalized spacial score (nSPS) is 17.0. The van der Waals surface area contributed by atoms with E-state index in [1.165, 1.54) is 13.0 Å². The van der Waals surface area contributed by atoms with Crippen LogP contribution in [0.1, 0.15) is 33.3 Å². The zero-order chi connectivity index (χ0) is 22.1. The van der Waals surface area contributed by atoms with Crippen molar-refractivity contribution in [3.05, 3.63) is 48.2 Å². The van der Waals surface area contributed by atoms with Gasteiger partial charge < -0.3 is 10.2 Å². The van der Waals surface area contributed by atoms with Crippen LogP contribution in [0.2, 0.25) is 0 Å². The van der Waals surface area contributed by atoms with E-state index in [2.05, 4.69) is 15.0 Å². The molecule has 2 unspecified atom stereocenters. The van der Waals surface area contributed by atoms with Crippen molar-refractivity contribution in [2.75, 3.05) is 10.2 Å². The summed E-state index contributed by atoms with van der Waals surface area (Å²) in [5, 5.41) is 2.64. The van der Waals surface area contributed by atoms with Crippen LogP contribution < -0.4 is 14.9 Å². The average molecular weight is 431 g/mol. The van der Waals surface area contributed by atoms with Crippen LogP contribution in [-0.2, 0) is 26.0 Å². The number of nitrogens with one attached hydrogen (secondary N) is 2. The van der Waals surface area contributed by atoms with Gasteiger partial charge in [-0.3, -0.25) is 9.59 Å². The maximum Gasteiger partial charge on any atom is 0.243 e. The molecule has 2 aromatic rings. The van der Waals surface area contributed by atoms with Gasteiger partial charge in [-0.2, -0.15) is 4.72 Å². The zero-order valence-electron chi connectivity index (χ0n) is 17.4. The third kappa shape index (κ3) is 4.52. The molecule has 1 aromatic carbocycles. The fraction of sp³-hybridized carbons (Fsp3) is 0.381. The maximum absolute atomic E-state index is 13.0. The second-order valence-electron chi connectivity index (χ2n) is 7.78. The van der Waals surface area contributed by atoms with E-state index in [1.807, 2.05) is 6.92 Å². The topological polar surface area (TPSA) is 108 Å². The lowest BCUT2D eigenvalue weighted by atomic mass is 10.1. The van der Waals surface area contributed by atoms with Crippen LogP contribution in [0.25, 0.3) is 0 Å². The molecule has 0 saturated carbocycles. The summed E-state index contributed by atoms with van der Waals surface area (Å²) in [6.07, 6.45) is 2.12. The fourth-order valence-electron chi connectivity index (χ4n) is 3.62. The number of aromatic nitrogens is 1. The van der Waals surface area contributed by atoms with Gasteiger partial charge in [0.2, 0.25) is 21.8 Å². The summed E-state index contributed by atoms with van der Waals surface area (Å²) in [5.74, 6) is -0.500. The Hall–Kier alpha value is -2.78. The highest BCUT2D eigenvalue weighted by molar-refractivity contribution is 7.89. The molecule has 1 aliphatic rings. The third-order valence-corrected chi connectivity index (χ3v) is 6.50. The molecule has 160 valence electrons. The smallest absolute Gasteiger partial charge is 0.243 e. The second kappa shape index (κ2) is 8.53. The van der Waals surface area contributed by atoms with Gasteiger partial charge >= 0.3 is 0 Å². The van der Waals surface area contributed by atoms with E-state index in [-0.39, 0.29) is 22.8 Å². The van der Waals surface area contributed by atoms with E-state index < -0.39 is 22.0 Å². The second-order valence-corrected chi connectivity index (χ2v) is 9.49. The first-order valence-corrected chi connectivity index (χ1v) is 11.3. The number of sulfonamides is 1. The van der Waals surface area contributed by atoms with Crippen molar-refractivity contribution < 1.29 is 18.0 Å². The minimum absolute atomic E-state index is 0.0315. The summed E-state index contributed by atoms with van der Waals surface area (Å²) < 4.78 is 28.5. The van der Waals surface area contributed by atoms with Crippen molar-refractivity contribution in [1.29, 1.82) is 0 Å². The van der Waals surface area contributed by atoms with E-state index in [4.69, 9.17) is 0 Å². The number of nitrogens with zero attached hydrogens (tertiary/aromatic N) is 2. The van der Waals surface area contributed by atoms with Crippen molar-refractivity contribution >= 4 is 33.3 Å². The largest absolute Gasteiger partial charge is 0.309 e. The molecule has 0 saturated heterocycles. The van der Waals surface area contributed by atoms with Gasteiger partial charge in [-0.15, -0.1) is 0 Å². The number of anilines is 2.